The Hall–Kier alpha value is -0.530. The number of carbonyl (C=O) groups is 1. The van der Waals surface area contributed by atoms with Gasteiger partial charge in [-0.15, -0.1) is 0 Å². The molecule has 0 aliphatic rings. The Morgan fingerprint density at radius 3 is 1.20 bits per heavy atom. The topological polar surface area (TPSA) is 26.3 Å². The average Bonchev–Trinajstić information content (AvgIpc) is 2.86. The Bertz CT molecular complexity index is 433. The predicted molar refractivity (Wildman–Crippen MR) is 156 cm³/mol. The van der Waals surface area contributed by atoms with Crippen molar-refractivity contribution < 1.29 is 9.53 Å². The fraction of sp³-hybridized carbons (Fsp3) is 0.970. The number of esters is 1. The molecule has 0 aliphatic heterocycles. The van der Waals surface area contributed by atoms with E-state index in [0.29, 0.717) is 13.0 Å². The van der Waals surface area contributed by atoms with Gasteiger partial charge in [-0.3, -0.25) is 4.79 Å². The lowest BCUT2D eigenvalue weighted by Gasteiger charge is -2.29. The van der Waals surface area contributed by atoms with Crippen LogP contribution in [0.5, 0.6) is 0 Å². The molecule has 0 aliphatic carbocycles. The first-order chi connectivity index (χ1) is 17.1. The highest BCUT2D eigenvalue weighted by Crippen LogP contribution is 2.32. The van der Waals surface area contributed by atoms with E-state index in [1.54, 1.807) is 0 Å². The molecule has 0 aromatic rings. The summed E-state index contributed by atoms with van der Waals surface area (Å²) in [6, 6.07) is 0. The zero-order chi connectivity index (χ0) is 25.9. The van der Waals surface area contributed by atoms with E-state index in [1.807, 2.05) is 0 Å². The molecular formula is C33H66O2. The highest BCUT2D eigenvalue weighted by Gasteiger charge is 2.25. The van der Waals surface area contributed by atoms with Crippen molar-refractivity contribution in [3.8, 4) is 0 Å². The second-order valence-corrected chi connectivity index (χ2v) is 11.8. The molecule has 1 atom stereocenters. The van der Waals surface area contributed by atoms with E-state index in [0.717, 1.165) is 6.42 Å². The lowest BCUT2D eigenvalue weighted by Crippen LogP contribution is -2.25. The molecule has 0 saturated carbocycles. The molecule has 1 unspecified atom stereocenters. The van der Waals surface area contributed by atoms with Crippen LogP contribution in [0.1, 0.15) is 195 Å². The maximum atomic E-state index is 12.4. The van der Waals surface area contributed by atoms with Gasteiger partial charge >= 0.3 is 5.97 Å². The third-order valence-electron chi connectivity index (χ3n) is 7.83. The molecule has 0 fully saturated rings. The van der Waals surface area contributed by atoms with E-state index in [4.69, 9.17) is 4.74 Å². The number of hydrogen-bond acceptors (Lipinski definition) is 2. The number of hydrogen-bond donors (Lipinski definition) is 0. The van der Waals surface area contributed by atoms with Gasteiger partial charge in [0.1, 0.15) is 0 Å². The summed E-state index contributed by atoms with van der Waals surface area (Å²) in [6.45, 7) is 9.83. The van der Waals surface area contributed by atoms with Gasteiger partial charge in [-0.25, -0.2) is 0 Å². The molecule has 0 aromatic carbocycles. The fourth-order valence-electron chi connectivity index (χ4n) is 5.19. The van der Waals surface area contributed by atoms with Crippen molar-refractivity contribution in [3.63, 3.8) is 0 Å². The van der Waals surface area contributed by atoms with Crippen LogP contribution in [0.3, 0.4) is 0 Å². The molecule has 210 valence electrons. The summed E-state index contributed by atoms with van der Waals surface area (Å²) in [5.41, 5.74) is 0.171. The first-order valence-corrected chi connectivity index (χ1v) is 16.2. The van der Waals surface area contributed by atoms with Crippen LogP contribution < -0.4 is 0 Å². The number of unbranched alkanes of at least 4 members (excludes halogenated alkanes) is 20. The molecule has 0 N–H and O–H groups in total. The van der Waals surface area contributed by atoms with Crippen molar-refractivity contribution in [3.05, 3.63) is 0 Å². The monoisotopic (exact) mass is 495 g/mol. The third kappa shape index (κ3) is 24.9. The number of rotatable bonds is 28. The Balaban J connectivity index is 3.88. The van der Waals surface area contributed by atoms with Crippen LogP contribution in [0.2, 0.25) is 0 Å². The zero-order valence-corrected chi connectivity index (χ0v) is 24.9. The summed E-state index contributed by atoms with van der Waals surface area (Å²) in [6.07, 6.45) is 33.7. The zero-order valence-electron chi connectivity index (χ0n) is 24.9. The van der Waals surface area contributed by atoms with E-state index < -0.39 is 0 Å². The summed E-state index contributed by atoms with van der Waals surface area (Å²) in [5.74, 6) is 0.0378. The van der Waals surface area contributed by atoms with Crippen LogP contribution in [0.15, 0.2) is 0 Å². The third-order valence-corrected chi connectivity index (χ3v) is 7.83. The normalized spacial score (nSPS) is 13.1. The molecule has 35 heavy (non-hydrogen) atoms. The number of ether oxygens (including phenoxy) is 1. The van der Waals surface area contributed by atoms with Gasteiger partial charge in [-0.05, 0) is 19.3 Å². The van der Waals surface area contributed by atoms with E-state index in [2.05, 4.69) is 27.7 Å². The standard InChI is InChI=1S/C33H66O2/c1-5-8-11-14-16-17-18-19-20-21-22-23-25-28-32(34)35-31-33(4,29-26-13-10-7-3)30-27-24-15-12-9-6-2/h5-31H2,1-4H3. The molecule has 2 nitrogen and oxygen atoms in total. The molecule has 0 aromatic heterocycles. The minimum absolute atomic E-state index is 0.0378. The molecule has 0 spiro atoms. The Morgan fingerprint density at radius 2 is 0.800 bits per heavy atom. The van der Waals surface area contributed by atoms with Gasteiger partial charge < -0.3 is 4.74 Å². The second kappa shape index (κ2) is 26.5. The van der Waals surface area contributed by atoms with Crippen molar-refractivity contribution in [1.82, 2.24) is 0 Å². The van der Waals surface area contributed by atoms with Gasteiger partial charge in [0.15, 0.2) is 0 Å². The molecule has 0 rings (SSSR count). The predicted octanol–water partition coefficient (Wildman–Crippen LogP) is 11.7. The van der Waals surface area contributed by atoms with E-state index in [9.17, 15) is 4.79 Å². The molecule has 2 heteroatoms. The van der Waals surface area contributed by atoms with Crippen LogP contribution in [0.25, 0.3) is 0 Å². The maximum absolute atomic E-state index is 12.4. The SMILES string of the molecule is CCCCCCCCCCCCCCCC(=O)OCC(C)(CCCCCC)CCCCCCCC. The van der Waals surface area contributed by atoms with Crippen molar-refractivity contribution in [1.29, 1.82) is 0 Å². The summed E-state index contributed by atoms with van der Waals surface area (Å²) < 4.78 is 5.83. The molecule has 0 saturated heterocycles. The van der Waals surface area contributed by atoms with Gasteiger partial charge in [0.25, 0.3) is 0 Å². The maximum Gasteiger partial charge on any atom is 0.305 e. The van der Waals surface area contributed by atoms with Crippen LogP contribution in [-0.2, 0) is 9.53 Å². The van der Waals surface area contributed by atoms with Crippen molar-refractivity contribution in [2.75, 3.05) is 6.61 Å². The Labute approximate surface area is 222 Å². The molecular weight excluding hydrogens is 428 g/mol. The van der Waals surface area contributed by atoms with Gasteiger partial charge in [0, 0.05) is 11.8 Å². The highest BCUT2D eigenvalue weighted by atomic mass is 16.5. The lowest BCUT2D eigenvalue weighted by atomic mass is 9.80. The van der Waals surface area contributed by atoms with Crippen molar-refractivity contribution in [2.45, 2.75) is 195 Å². The fourth-order valence-corrected chi connectivity index (χ4v) is 5.19. The molecule has 0 radical (unpaired) electrons. The summed E-state index contributed by atoms with van der Waals surface area (Å²) in [5, 5.41) is 0. The highest BCUT2D eigenvalue weighted by molar-refractivity contribution is 5.69. The minimum Gasteiger partial charge on any atom is -0.465 e. The largest absolute Gasteiger partial charge is 0.465 e. The van der Waals surface area contributed by atoms with Crippen LogP contribution in [0, 0.1) is 5.41 Å². The van der Waals surface area contributed by atoms with E-state index in [-0.39, 0.29) is 11.4 Å². The second-order valence-electron chi connectivity index (χ2n) is 11.8. The van der Waals surface area contributed by atoms with Crippen LogP contribution in [-0.4, -0.2) is 12.6 Å². The van der Waals surface area contributed by atoms with Crippen LogP contribution in [0.4, 0.5) is 0 Å². The summed E-state index contributed by atoms with van der Waals surface area (Å²) in [7, 11) is 0. The Morgan fingerprint density at radius 1 is 0.486 bits per heavy atom. The van der Waals surface area contributed by atoms with E-state index >= 15 is 0 Å². The van der Waals surface area contributed by atoms with Crippen LogP contribution >= 0.6 is 0 Å². The minimum atomic E-state index is 0.0378. The smallest absolute Gasteiger partial charge is 0.305 e. The van der Waals surface area contributed by atoms with Crippen molar-refractivity contribution in [2.24, 2.45) is 5.41 Å². The molecule has 0 bridgehead atoms. The molecule has 0 heterocycles. The van der Waals surface area contributed by atoms with Gasteiger partial charge in [0.05, 0.1) is 6.61 Å². The number of carbonyl (C=O) groups excluding carboxylic acids is 1. The first-order valence-electron chi connectivity index (χ1n) is 16.2. The molecule has 0 amide bonds. The summed E-state index contributed by atoms with van der Waals surface area (Å²) in [4.78, 5) is 12.4. The van der Waals surface area contributed by atoms with Gasteiger partial charge in [-0.2, -0.15) is 0 Å². The average molecular weight is 495 g/mol. The van der Waals surface area contributed by atoms with Gasteiger partial charge in [-0.1, -0.05) is 169 Å². The quantitative estimate of drug-likeness (QED) is 0.0798. The van der Waals surface area contributed by atoms with Crippen molar-refractivity contribution >= 4 is 5.97 Å². The lowest BCUT2D eigenvalue weighted by molar-refractivity contribution is -0.147. The Kier molecular flexibility index (Phi) is 26.1. The first kappa shape index (κ1) is 34.5. The van der Waals surface area contributed by atoms with E-state index in [1.165, 1.54) is 154 Å². The summed E-state index contributed by atoms with van der Waals surface area (Å²) >= 11 is 0. The van der Waals surface area contributed by atoms with Gasteiger partial charge in [0.2, 0.25) is 0 Å².